The molecule has 0 saturated heterocycles. The van der Waals surface area contributed by atoms with Gasteiger partial charge in [0, 0.05) is 31.8 Å². The van der Waals surface area contributed by atoms with Gasteiger partial charge >= 0.3 is 0 Å². The van der Waals surface area contributed by atoms with Crippen LogP contribution in [-0.4, -0.2) is 37.2 Å². The Morgan fingerprint density at radius 2 is 2.16 bits per heavy atom. The second-order valence-electron chi connectivity index (χ2n) is 5.76. The van der Waals surface area contributed by atoms with Crippen LogP contribution in [0.2, 0.25) is 0 Å². The minimum Gasteiger partial charge on any atom is -0.488 e. The van der Waals surface area contributed by atoms with Crippen molar-refractivity contribution >= 4 is 5.96 Å². The summed E-state index contributed by atoms with van der Waals surface area (Å²) < 4.78 is 11.5. The van der Waals surface area contributed by atoms with Gasteiger partial charge in [0.25, 0.3) is 0 Å². The number of ether oxygens (including phenoxy) is 2. The number of pyridine rings is 1. The third kappa shape index (κ3) is 4.41. The van der Waals surface area contributed by atoms with E-state index in [1.165, 1.54) is 5.56 Å². The number of aromatic nitrogens is 1. The highest BCUT2D eigenvalue weighted by Gasteiger charge is 2.22. The molecule has 0 aliphatic carbocycles. The zero-order valence-electron chi connectivity index (χ0n) is 14.7. The monoisotopic (exact) mass is 340 g/mol. The smallest absolute Gasteiger partial charge is 0.218 e. The molecule has 2 N–H and O–H groups in total. The largest absolute Gasteiger partial charge is 0.488 e. The van der Waals surface area contributed by atoms with Crippen LogP contribution in [0.3, 0.4) is 0 Å². The standard InChI is InChI=1S/C19H24N4O2/c1-3-24-18-15(8-6-10-21-18)12-22-19(20-2)23-13-16-11-14-7-4-5-9-17(14)25-16/h4-10,16H,3,11-13H2,1-2H3,(H2,20,22,23). The fourth-order valence-electron chi connectivity index (χ4n) is 2.80. The van der Waals surface area contributed by atoms with Gasteiger partial charge in [0.2, 0.25) is 5.88 Å². The lowest BCUT2D eigenvalue weighted by Gasteiger charge is -2.16. The van der Waals surface area contributed by atoms with Gasteiger partial charge in [0.1, 0.15) is 11.9 Å². The topological polar surface area (TPSA) is 67.8 Å². The molecule has 0 saturated carbocycles. The molecule has 132 valence electrons. The number of para-hydroxylation sites is 1. The molecule has 1 aromatic heterocycles. The Kier molecular flexibility index (Phi) is 5.72. The predicted octanol–water partition coefficient (Wildman–Crippen LogP) is 2.15. The quantitative estimate of drug-likeness (QED) is 0.623. The van der Waals surface area contributed by atoms with E-state index in [9.17, 15) is 0 Å². The molecule has 0 fully saturated rings. The van der Waals surface area contributed by atoms with E-state index in [4.69, 9.17) is 9.47 Å². The first-order valence-corrected chi connectivity index (χ1v) is 8.56. The van der Waals surface area contributed by atoms with Gasteiger partial charge in [-0.15, -0.1) is 0 Å². The fourth-order valence-corrected chi connectivity index (χ4v) is 2.80. The lowest BCUT2D eigenvalue weighted by molar-refractivity contribution is 0.235. The molecule has 0 spiro atoms. The van der Waals surface area contributed by atoms with Crippen LogP contribution in [0.5, 0.6) is 11.6 Å². The normalized spacial score (nSPS) is 16.1. The Morgan fingerprint density at radius 3 is 2.96 bits per heavy atom. The molecule has 1 aliphatic rings. The predicted molar refractivity (Wildman–Crippen MR) is 98.2 cm³/mol. The second-order valence-corrected chi connectivity index (χ2v) is 5.76. The first-order valence-electron chi connectivity index (χ1n) is 8.56. The number of nitrogens with one attached hydrogen (secondary N) is 2. The van der Waals surface area contributed by atoms with Crippen molar-refractivity contribution in [3.05, 3.63) is 53.7 Å². The molecular formula is C19H24N4O2. The van der Waals surface area contributed by atoms with Crippen molar-refractivity contribution in [2.75, 3.05) is 20.2 Å². The minimum atomic E-state index is 0.119. The Hall–Kier alpha value is -2.76. The molecule has 1 aromatic carbocycles. The van der Waals surface area contributed by atoms with Gasteiger partial charge in [0.05, 0.1) is 13.2 Å². The number of hydrogen-bond acceptors (Lipinski definition) is 4. The van der Waals surface area contributed by atoms with Crippen LogP contribution in [0, 0.1) is 0 Å². The summed E-state index contributed by atoms with van der Waals surface area (Å²) in [5, 5.41) is 6.61. The molecule has 1 atom stereocenters. The number of fused-ring (bicyclic) bond motifs is 1. The average Bonchev–Trinajstić information content (AvgIpc) is 3.06. The van der Waals surface area contributed by atoms with E-state index in [-0.39, 0.29) is 6.10 Å². The summed E-state index contributed by atoms with van der Waals surface area (Å²) in [4.78, 5) is 8.53. The van der Waals surface area contributed by atoms with Gasteiger partial charge < -0.3 is 20.1 Å². The highest BCUT2D eigenvalue weighted by atomic mass is 16.5. The molecule has 1 aliphatic heterocycles. The first kappa shape index (κ1) is 17.1. The molecule has 0 bridgehead atoms. The summed E-state index contributed by atoms with van der Waals surface area (Å²) in [5.41, 5.74) is 2.26. The summed E-state index contributed by atoms with van der Waals surface area (Å²) in [6.45, 7) is 3.83. The molecule has 1 unspecified atom stereocenters. The van der Waals surface area contributed by atoms with E-state index in [0.717, 1.165) is 23.7 Å². The first-order chi connectivity index (χ1) is 12.3. The Balaban J connectivity index is 1.50. The van der Waals surface area contributed by atoms with Crippen LogP contribution in [-0.2, 0) is 13.0 Å². The van der Waals surface area contributed by atoms with E-state index in [0.29, 0.717) is 25.6 Å². The maximum Gasteiger partial charge on any atom is 0.218 e. The number of benzene rings is 1. The molecule has 3 rings (SSSR count). The van der Waals surface area contributed by atoms with Crippen molar-refractivity contribution < 1.29 is 9.47 Å². The van der Waals surface area contributed by atoms with E-state index in [1.54, 1.807) is 13.2 Å². The SMILES string of the molecule is CCOc1ncccc1CNC(=NC)NCC1Cc2ccccc2O1. The summed E-state index contributed by atoms with van der Waals surface area (Å²) in [7, 11) is 1.76. The van der Waals surface area contributed by atoms with Crippen molar-refractivity contribution in [1.82, 2.24) is 15.6 Å². The number of aliphatic imine (C=N–C) groups is 1. The molecule has 0 amide bonds. The van der Waals surface area contributed by atoms with Crippen molar-refractivity contribution in [3.8, 4) is 11.6 Å². The fraction of sp³-hybridized carbons (Fsp3) is 0.368. The van der Waals surface area contributed by atoms with Crippen LogP contribution in [0.4, 0.5) is 0 Å². The average molecular weight is 340 g/mol. The number of nitrogens with zero attached hydrogens (tertiary/aromatic N) is 2. The van der Waals surface area contributed by atoms with Gasteiger partial charge in [-0.1, -0.05) is 24.3 Å². The maximum absolute atomic E-state index is 5.94. The van der Waals surface area contributed by atoms with E-state index in [2.05, 4.69) is 26.7 Å². The molecule has 0 radical (unpaired) electrons. The van der Waals surface area contributed by atoms with Crippen molar-refractivity contribution in [1.29, 1.82) is 0 Å². The molecule has 6 heteroatoms. The Bertz CT molecular complexity index is 708. The van der Waals surface area contributed by atoms with E-state index >= 15 is 0 Å². The van der Waals surface area contributed by atoms with Crippen LogP contribution >= 0.6 is 0 Å². The van der Waals surface area contributed by atoms with Crippen LogP contribution in [0.25, 0.3) is 0 Å². The van der Waals surface area contributed by atoms with Gasteiger partial charge in [0.15, 0.2) is 5.96 Å². The van der Waals surface area contributed by atoms with Gasteiger partial charge in [-0.05, 0) is 24.6 Å². The maximum atomic E-state index is 5.94. The molecule has 25 heavy (non-hydrogen) atoms. The van der Waals surface area contributed by atoms with Crippen LogP contribution in [0.1, 0.15) is 18.1 Å². The lowest BCUT2D eigenvalue weighted by atomic mass is 10.1. The third-order valence-electron chi connectivity index (χ3n) is 4.01. The summed E-state index contributed by atoms with van der Waals surface area (Å²) in [6, 6.07) is 12.1. The molecule has 6 nitrogen and oxygen atoms in total. The van der Waals surface area contributed by atoms with Crippen molar-refractivity contribution in [3.63, 3.8) is 0 Å². The lowest BCUT2D eigenvalue weighted by Crippen LogP contribution is -2.42. The minimum absolute atomic E-state index is 0.119. The summed E-state index contributed by atoms with van der Waals surface area (Å²) >= 11 is 0. The highest BCUT2D eigenvalue weighted by Crippen LogP contribution is 2.27. The number of rotatable bonds is 6. The summed E-state index contributed by atoms with van der Waals surface area (Å²) in [5.74, 6) is 2.36. The van der Waals surface area contributed by atoms with Crippen LogP contribution < -0.4 is 20.1 Å². The third-order valence-corrected chi connectivity index (χ3v) is 4.01. The zero-order valence-corrected chi connectivity index (χ0v) is 14.7. The molecular weight excluding hydrogens is 316 g/mol. The zero-order chi connectivity index (χ0) is 17.5. The molecule has 2 heterocycles. The number of hydrogen-bond donors (Lipinski definition) is 2. The summed E-state index contributed by atoms with van der Waals surface area (Å²) in [6.07, 6.45) is 2.77. The molecule has 2 aromatic rings. The second kappa shape index (κ2) is 8.37. The number of guanidine groups is 1. The van der Waals surface area contributed by atoms with E-state index in [1.807, 2.05) is 37.3 Å². The van der Waals surface area contributed by atoms with Crippen LogP contribution in [0.15, 0.2) is 47.6 Å². The van der Waals surface area contributed by atoms with Gasteiger partial charge in [-0.25, -0.2) is 4.98 Å². The Morgan fingerprint density at radius 1 is 1.28 bits per heavy atom. The highest BCUT2D eigenvalue weighted by molar-refractivity contribution is 5.79. The van der Waals surface area contributed by atoms with Gasteiger partial charge in [-0.2, -0.15) is 0 Å². The Labute approximate surface area is 148 Å². The van der Waals surface area contributed by atoms with Crippen molar-refractivity contribution in [2.45, 2.75) is 26.0 Å². The van der Waals surface area contributed by atoms with Gasteiger partial charge in [-0.3, -0.25) is 4.99 Å². The van der Waals surface area contributed by atoms with Crippen molar-refractivity contribution in [2.24, 2.45) is 4.99 Å². The van der Waals surface area contributed by atoms with E-state index < -0.39 is 0 Å².